The Morgan fingerprint density at radius 2 is 1.97 bits per heavy atom. The number of carbonyl (C=O) groups is 2. The van der Waals surface area contributed by atoms with Gasteiger partial charge < -0.3 is 14.7 Å². The first-order valence-electron chi connectivity index (χ1n) is 9.00. The van der Waals surface area contributed by atoms with Gasteiger partial charge in [-0.15, -0.1) is 0 Å². The Kier molecular flexibility index (Phi) is 6.45. The van der Waals surface area contributed by atoms with E-state index in [9.17, 15) is 22.8 Å². The van der Waals surface area contributed by atoms with Crippen LogP contribution in [0.5, 0.6) is 0 Å². The summed E-state index contributed by atoms with van der Waals surface area (Å²) in [5, 5.41) is 5.88. The zero-order valence-electron chi connectivity index (χ0n) is 15.9. The van der Waals surface area contributed by atoms with E-state index in [-0.39, 0.29) is 12.2 Å². The van der Waals surface area contributed by atoms with E-state index in [0.29, 0.717) is 23.8 Å². The molecule has 1 N–H and O–H groups in total. The van der Waals surface area contributed by atoms with E-state index in [2.05, 4.69) is 15.5 Å². The smallest absolute Gasteiger partial charge is 0.276 e. The third kappa shape index (κ3) is 4.65. The van der Waals surface area contributed by atoms with Crippen LogP contribution in [0.3, 0.4) is 0 Å². The Balaban J connectivity index is 1.72. The Labute approximate surface area is 169 Å². The van der Waals surface area contributed by atoms with Crippen LogP contribution in [-0.4, -0.2) is 39.9 Å². The van der Waals surface area contributed by atoms with Crippen LogP contribution in [-0.2, 0) is 4.79 Å². The van der Waals surface area contributed by atoms with E-state index in [1.165, 1.54) is 11.0 Å². The van der Waals surface area contributed by atoms with Crippen molar-refractivity contribution in [2.45, 2.75) is 13.3 Å². The molecular formula is C20H17F3N4O3. The summed E-state index contributed by atoms with van der Waals surface area (Å²) in [5.74, 6) is -5.61. The molecule has 0 aliphatic heterocycles. The van der Waals surface area contributed by atoms with Crippen molar-refractivity contribution in [2.24, 2.45) is 0 Å². The number of nitrogens with zero attached hydrogens (tertiary/aromatic N) is 3. The van der Waals surface area contributed by atoms with E-state index in [0.717, 1.165) is 6.07 Å². The molecule has 0 unspecified atom stereocenters. The molecule has 0 atom stereocenters. The maximum absolute atomic E-state index is 13.8. The van der Waals surface area contributed by atoms with Crippen molar-refractivity contribution in [2.75, 3.05) is 18.4 Å². The summed E-state index contributed by atoms with van der Waals surface area (Å²) in [6.45, 7) is 1.57. The van der Waals surface area contributed by atoms with Gasteiger partial charge in [-0.1, -0.05) is 12.1 Å². The Bertz CT molecular complexity index is 1060. The first-order valence-corrected chi connectivity index (χ1v) is 9.00. The van der Waals surface area contributed by atoms with Crippen LogP contribution in [0, 0.1) is 17.5 Å². The summed E-state index contributed by atoms with van der Waals surface area (Å²) in [6, 6.07) is 6.45. The predicted octanol–water partition coefficient (Wildman–Crippen LogP) is 3.64. The summed E-state index contributed by atoms with van der Waals surface area (Å²) in [7, 11) is 0. The van der Waals surface area contributed by atoms with Gasteiger partial charge in [-0.3, -0.25) is 14.6 Å². The monoisotopic (exact) mass is 418 g/mol. The second-order valence-corrected chi connectivity index (χ2v) is 6.32. The zero-order chi connectivity index (χ0) is 21.7. The molecule has 0 spiro atoms. The van der Waals surface area contributed by atoms with Crippen molar-refractivity contribution in [3.63, 3.8) is 0 Å². The van der Waals surface area contributed by atoms with E-state index < -0.39 is 41.5 Å². The van der Waals surface area contributed by atoms with Crippen molar-refractivity contribution >= 4 is 17.5 Å². The van der Waals surface area contributed by atoms with Crippen molar-refractivity contribution in [1.82, 2.24) is 15.0 Å². The number of amides is 2. The third-order valence-corrected chi connectivity index (χ3v) is 4.10. The Morgan fingerprint density at radius 3 is 2.67 bits per heavy atom. The topological polar surface area (TPSA) is 88.3 Å². The van der Waals surface area contributed by atoms with Crippen LogP contribution in [0.1, 0.15) is 23.8 Å². The van der Waals surface area contributed by atoms with Gasteiger partial charge in [0.2, 0.25) is 5.91 Å². The molecule has 0 aliphatic carbocycles. The fourth-order valence-corrected chi connectivity index (χ4v) is 2.69. The molecule has 10 heteroatoms. The number of carbonyl (C=O) groups excluding carboxylic acids is 2. The molecule has 3 rings (SSSR count). The first kappa shape index (κ1) is 21.0. The lowest BCUT2D eigenvalue weighted by atomic mass is 10.2. The van der Waals surface area contributed by atoms with Crippen LogP contribution in [0.15, 0.2) is 47.2 Å². The van der Waals surface area contributed by atoms with Crippen LogP contribution in [0.4, 0.5) is 18.9 Å². The van der Waals surface area contributed by atoms with Crippen molar-refractivity contribution in [3.8, 4) is 11.3 Å². The maximum atomic E-state index is 13.8. The van der Waals surface area contributed by atoms with E-state index in [4.69, 9.17) is 4.52 Å². The van der Waals surface area contributed by atoms with E-state index >= 15 is 0 Å². The number of benzene rings is 1. The number of nitrogens with one attached hydrogen (secondary N) is 1. The average Bonchev–Trinajstić information content (AvgIpc) is 3.24. The summed E-state index contributed by atoms with van der Waals surface area (Å²) < 4.78 is 45.3. The molecule has 0 radical (unpaired) electrons. The number of anilines is 1. The minimum absolute atomic E-state index is 0.0193. The highest BCUT2D eigenvalue weighted by Gasteiger charge is 2.23. The molecule has 2 amide bonds. The summed E-state index contributed by atoms with van der Waals surface area (Å²) >= 11 is 0. The van der Waals surface area contributed by atoms with Gasteiger partial charge in [0, 0.05) is 30.6 Å². The maximum Gasteiger partial charge on any atom is 0.276 e. The lowest BCUT2D eigenvalue weighted by molar-refractivity contribution is -0.116. The van der Waals surface area contributed by atoms with E-state index in [1.54, 1.807) is 31.5 Å². The highest BCUT2D eigenvalue weighted by atomic mass is 19.2. The van der Waals surface area contributed by atoms with Crippen molar-refractivity contribution < 1.29 is 27.3 Å². The zero-order valence-corrected chi connectivity index (χ0v) is 15.9. The number of pyridine rings is 1. The van der Waals surface area contributed by atoms with Crippen molar-refractivity contribution in [3.05, 3.63) is 65.9 Å². The van der Waals surface area contributed by atoms with Crippen LogP contribution in [0.25, 0.3) is 11.3 Å². The third-order valence-electron chi connectivity index (χ3n) is 4.10. The SMILES string of the molecule is CCCN(CC(=O)Nc1ccc(F)c(F)c1F)C(=O)c1cc(-c2cccnc2)on1. The van der Waals surface area contributed by atoms with Gasteiger partial charge in [0.05, 0.1) is 5.69 Å². The van der Waals surface area contributed by atoms with Gasteiger partial charge in [0.25, 0.3) is 5.91 Å². The minimum atomic E-state index is -1.69. The number of hydrogen-bond acceptors (Lipinski definition) is 5. The number of halogens is 3. The molecule has 156 valence electrons. The number of aromatic nitrogens is 2. The fourth-order valence-electron chi connectivity index (χ4n) is 2.69. The molecule has 0 bridgehead atoms. The van der Waals surface area contributed by atoms with Crippen molar-refractivity contribution in [1.29, 1.82) is 0 Å². The average molecular weight is 418 g/mol. The second-order valence-electron chi connectivity index (χ2n) is 6.32. The lowest BCUT2D eigenvalue weighted by Crippen LogP contribution is -2.38. The minimum Gasteiger partial charge on any atom is -0.355 e. The molecule has 30 heavy (non-hydrogen) atoms. The standard InChI is InChI=1S/C20H17F3N4O3/c1-2-8-27(11-17(28)25-14-6-5-13(21)18(22)19(14)23)20(29)15-9-16(30-26-15)12-4-3-7-24-10-12/h3-7,9-10H,2,8,11H2,1H3,(H,25,28). The fraction of sp³-hybridized carbons (Fsp3) is 0.200. The van der Waals surface area contributed by atoms with Gasteiger partial charge in [-0.25, -0.2) is 13.2 Å². The molecule has 2 aromatic heterocycles. The molecule has 0 saturated heterocycles. The van der Waals surface area contributed by atoms with Gasteiger partial charge in [-0.05, 0) is 30.7 Å². The van der Waals surface area contributed by atoms with Crippen LogP contribution < -0.4 is 5.32 Å². The number of hydrogen-bond donors (Lipinski definition) is 1. The largest absolute Gasteiger partial charge is 0.355 e. The first-order chi connectivity index (χ1) is 14.4. The molecule has 2 heterocycles. The lowest BCUT2D eigenvalue weighted by Gasteiger charge is -2.20. The molecule has 0 fully saturated rings. The van der Waals surface area contributed by atoms with Gasteiger partial charge in [0.15, 0.2) is 28.9 Å². The molecular weight excluding hydrogens is 401 g/mol. The molecule has 7 nitrogen and oxygen atoms in total. The van der Waals surface area contributed by atoms with Gasteiger partial charge in [0.1, 0.15) is 6.54 Å². The normalized spacial score (nSPS) is 10.7. The Hall–Kier alpha value is -3.69. The summed E-state index contributed by atoms with van der Waals surface area (Å²) in [5.41, 5.74) is 0.0786. The molecule has 1 aromatic carbocycles. The highest BCUT2D eigenvalue weighted by molar-refractivity contribution is 5.98. The highest BCUT2D eigenvalue weighted by Crippen LogP contribution is 2.21. The van der Waals surface area contributed by atoms with Crippen LogP contribution >= 0.6 is 0 Å². The predicted molar refractivity (Wildman–Crippen MR) is 101 cm³/mol. The van der Waals surface area contributed by atoms with Gasteiger partial charge >= 0.3 is 0 Å². The molecule has 0 saturated carbocycles. The molecule has 0 aliphatic rings. The summed E-state index contributed by atoms with van der Waals surface area (Å²) in [6.07, 6.45) is 3.66. The van der Waals surface area contributed by atoms with E-state index in [1.807, 2.05) is 0 Å². The van der Waals surface area contributed by atoms with Crippen LogP contribution in [0.2, 0.25) is 0 Å². The second kappa shape index (κ2) is 9.21. The number of rotatable bonds is 7. The van der Waals surface area contributed by atoms with Gasteiger partial charge in [-0.2, -0.15) is 0 Å². The quantitative estimate of drug-likeness (QED) is 0.592. The summed E-state index contributed by atoms with van der Waals surface area (Å²) in [4.78, 5) is 30.2. The molecule has 3 aromatic rings. The Morgan fingerprint density at radius 1 is 1.17 bits per heavy atom.